The molecule has 0 bridgehead atoms. The Morgan fingerprint density at radius 2 is 1.05 bits per heavy atom. The largest absolute Gasteiger partial charge is 0.477 e. The van der Waals surface area contributed by atoms with Crippen LogP contribution in [0.2, 0.25) is 0 Å². The summed E-state index contributed by atoms with van der Waals surface area (Å²) in [6, 6.07) is 8.28. The van der Waals surface area contributed by atoms with Gasteiger partial charge in [0.15, 0.2) is 28.5 Å². The molecule has 0 radical (unpaired) electrons. The molecule has 80 heavy (non-hydrogen) atoms. The fraction of sp³-hybridized carbons (Fsp3) is 0.469. The van der Waals surface area contributed by atoms with E-state index in [9.17, 15) is 28.8 Å². The Bertz CT molecular complexity index is 2850. The van der Waals surface area contributed by atoms with Gasteiger partial charge in [0.25, 0.3) is 0 Å². The third-order valence-corrected chi connectivity index (χ3v) is 12.5. The molecule has 4 aliphatic rings. The minimum Gasteiger partial charge on any atom is -0.477 e. The van der Waals surface area contributed by atoms with Gasteiger partial charge in [0, 0.05) is 114 Å². The van der Waals surface area contributed by atoms with Crippen molar-refractivity contribution in [1.82, 2.24) is 69.9 Å². The molecular formula is C49H68N20O11. The molecule has 2 atom stereocenters. The highest BCUT2D eigenvalue weighted by atomic mass is 16.4. The Morgan fingerprint density at radius 1 is 0.600 bits per heavy atom. The number of piperazine rings is 3. The Balaban J connectivity index is 0.000000185. The summed E-state index contributed by atoms with van der Waals surface area (Å²) in [6.45, 7) is 13.0. The SMILES string of the molecule is CC1CN(c2cc(C(=O)O)ncn2)CCN1C.CN(C)CCCNc1cc(C(=O)O)ncn1.NCCNc1cc(C(=O)O)ncn1.O=C(O)c1cc(N2CCN3CCCC3C2)ncn1.O=C1CN(c2cc(C(=O)O)ncn2)CCN1. The van der Waals surface area contributed by atoms with Crippen molar-refractivity contribution in [2.45, 2.75) is 38.3 Å². The van der Waals surface area contributed by atoms with Crippen LogP contribution < -0.4 is 36.4 Å². The molecule has 9 rings (SSSR count). The molecule has 5 aromatic rings. The average Bonchev–Trinajstić information content (AvgIpc) is 3.95. The van der Waals surface area contributed by atoms with E-state index >= 15 is 0 Å². The summed E-state index contributed by atoms with van der Waals surface area (Å²) in [5, 5.41) is 52.5. The van der Waals surface area contributed by atoms with Gasteiger partial charge in [0.1, 0.15) is 60.7 Å². The van der Waals surface area contributed by atoms with Crippen molar-refractivity contribution in [1.29, 1.82) is 0 Å². The maximum absolute atomic E-state index is 11.2. The predicted molar refractivity (Wildman–Crippen MR) is 290 cm³/mol. The molecule has 9 heterocycles. The van der Waals surface area contributed by atoms with Gasteiger partial charge in [0.2, 0.25) is 5.91 Å². The monoisotopic (exact) mass is 1110 g/mol. The number of amides is 1. The van der Waals surface area contributed by atoms with E-state index in [0.29, 0.717) is 61.5 Å². The van der Waals surface area contributed by atoms with Crippen molar-refractivity contribution in [3.05, 3.63) is 90.4 Å². The second-order valence-corrected chi connectivity index (χ2v) is 18.5. The van der Waals surface area contributed by atoms with E-state index in [0.717, 1.165) is 64.6 Å². The second-order valence-electron chi connectivity index (χ2n) is 18.5. The summed E-state index contributed by atoms with van der Waals surface area (Å²) in [5.74, 6) is -2.43. The maximum Gasteiger partial charge on any atom is 0.354 e. The highest BCUT2D eigenvalue weighted by Gasteiger charge is 2.31. The molecule has 5 aromatic heterocycles. The minimum atomic E-state index is -1.11. The Hall–Kier alpha value is -8.94. The molecule has 10 N–H and O–H groups in total. The highest BCUT2D eigenvalue weighted by Crippen LogP contribution is 2.24. The summed E-state index contributed by atoms with van der Waals surface area (Å²) in [4.78, 5) is 116. The Labute approximate surface area is 460 Å². The van der Waals surface area contributed by atoms with Gasteiger partial charge in [-0.15, -0.1) is 0 Å². The minimum absolute atomic E-state index is 0.00473. The number of rotatable bonds is 16. The maximum atomic E-state index is 11.2. The number of hydrogen-bond acceptors (Lipinski definition) is 25. The molecule has 1 amide bonds. The number of carbonyl (C=O) groups excluding carboxylic acids is 1. The van der Waals surface area contributed by atoms with Gasteiger partial charge in [0.05, 0.1) is 6.54 Å². The van der Waals surface area contributed by atoms with Gasteiger partial charge in [-0.3, -0.25) is 9.69 Å². The molecule has 4 aliphatic heterocycles. The van der Waals surface area contributed by atoms with Crippen molar-refractivity contribution in [2.24, 2.45) is 5.73 Å². The second kappa shape index (κ2) is 31.5. The molecule has 430 valence electrons. The van der Waals surface area contributed by atoms with E-state index < -0.39 is 29.8 Å². The van der Waals surface area contributed by atoms with Gasteiger partial charge in [-0.1, -0.05) is 0 Å². The molecule has 0 saturated carbocycles. The zero-order chi connectivity index (χ0) is 58.1. The standard InChI is InChI=1S/C12H16N4O2.C11H16N4O2.C10H16N4O2.C9H10N4O3.C7H10N4O2/c17-12(18)10-6-11(14-8-13-10)16-5-4-15-3-1-2-9(15)7-16;1-8-6-15(4-3-14(8)2)10-5-9(11(16)17)12-7-13-10;1-14(2)5-3-4-11-9-6-8(10(15)16)12-7-13-9;14-8-4-13(2-1-10-8)7-3-6(9(15)16)11-5-12-7;8-1-2-9-6-3-5(7(12)13)10-4-11-6/h6,8-9H,1-5,7H2,(H,17,18);5,7-8H,3-4,6H2,1-2H3,(H,16,17);6-7H,3-5H2,1-2H3,(H,15,16)(H,11,12,13);3,5H,1-2,4H2,(H,10,14)(H,15,16);3-4H,1-2,8H2,(H,12,13)(H,9,10,11). The number of carbonyl (C=O) groups is 6. The van der Waals surface area contributed by atoms with Crippen LogP contribution >= 0.6 is 0 Å². The number of nitrogens with two attached hydrogens (primary N) is 1. The fourth-order valence-corrected chi connectivity index (χ4v) is 8.15. The van der Waals surface area contributed by atoms with E-state index in [2.05, 4.69) is 104 Å². The van der Waals surface area contributed by atoms with Crippen molar-refractivity contribution in [3.63, 3.8) is 0 Å². The van der Waals surface area contributed by atoms with E-state index in [1.54, 1.807) is 11.0 Å². The van der Waals surface area contributed by atoms with Crippen LogP contribution in [-0.4, -0.2) is 251 Å². The Kier molecular flexibility index (Phi) is 24.3. The van der Waals surface area contributed by atoms with Crippen molar-refractivity contribution < 1.29 is 54.3 Å². The Morgan fingerprint density at radius 3 is 1.51 bits per heavy atom. The van der Waals surface area contributed by atoms with Gasteiger partial charge in [-0.2, -0.15) is 0 Å². The van der Waals surface area contributed by atoms with E-state index in [1.807, 2.05) is 14.1 Å². The van der Waals surface area contributed by atoms with E-state index in [-0.39, 0.29) is 40.9 Å². The van der Waals surface area contributed by atoms with Gasteiger partial charge in [-0.25, -0.2) is 73.8 Å². The molecule has 0 aromatic carbocycles. The molecular weight excluding hydrogens is 1040 g/mol. The number of hydrogen-bond donors (Lipinski definition) is 9. The number of aromatic nitrogens is 10. The molecule has 0 spiro atoms. The first-order valence-corrected chi connectivity index (χ1v) is 25.4. The third-order valence-electron chi connectivity index (χ3n) is 12.5. The van der Waals surface area contributed by atoms with Crippen LogP contribution in [0.3, 0.4) is 0 Å². The van der Waals surface area contributed by atoms with Gasteiger partial charge < -0.3 is 71.7 Å². The summed E-state index contributed by atoms with van der Waals surface area (Å²) in [7, 11) is 6.10. The number of carboxylic acids is 5. The van der Waals surface area contributed by atoms with Crippen molar-refractivity contribution in [2.75, 3.05) is 138 Å². The number of likely N-dealkylation sites (N-methyl/N-ethyl adjacent to an activating group) is 1. The van der Waals surface area contributed by atoms with Gasteiger partial charge in [-0.05, 0) is 60.4 Å². The lowest BCUT2D eigenvalue weighted by Gasteiger charge is -2.38. The zero-order valence-electron chi connectivity index (χ0n) is 44.9. The predicted octanol–water partition coefficient (Wildman–Crippen LogP) is -0.0309. The topological polar surface area (TPSA) is 414 Å². The summed E-state index contributed by atoms with van der Waals surface area (Å²) in [6.07, 6.45) is 9.74. The summed E-state index contributed by atoms with van der Waals surface area (Å²) < 4.78 is 0. The lowest BCUT2D eigenvalue weighted by molar-refractivity contribution is -0.120. The molecule has 2 unspecified atom stereocenters. The van der Waals surface area contributed by atoms with Crippen molar-refractivity contribution in [3.8, 4) is 0 Å². The first kappa shape index (κ1) is 61.9. The van der Waals surface area contributed by atoms with Crippen LogP contribution in [0.4, 0.5) is 29.1 Å². The van der Waals surface area contributed by atoms with Crippen LogP contribution in [-0.2, 0) is 4.79 Å². The molecule has 4 fully saturated rings. The normalized spacial score (nSPS) is 16.8. The van der Waals surface area contributed by atoms with Crippen LogP contribution in [0.5, 0.6) is 0 Å². The van der Waals surface area contributed by atoms with Gasteiger partial charge >= 0.3 is 29.8 Å². The van der Waals surface area contributed by atoms with Crippen LogP contribution in [0, 0.1) is 0 Å². The first-order valence-electron chi connectivity index (χ1n) is 25.4. The molecule has 0 aliphatic carbocycles. The summed E-state index contributed by atoms with van der Waals surface area (Å²) in [5.41, 5.74) is 5.26. The number of anilines is 5. The summed E-state index contributed by atoms with van der Waals surface area (Å²) >= 11 is 0. The fourth-order valence-electron chi connectivity index (χ4n) is 8.15. The number of carboxylic acid groups (broad SMARTS) is 5. The molecule has 31 nitrogen and oxygen atoms in total. The number of nitrogens with one attached hydrogen (secondary N) is 3. The third kappa shape index (κ3) is 20.1. The van der Waals surface area contributed by atoms with Crippen molar-refractivity contribution >= 4 is 64.8 Å². The van der Waals surface area contributed by atoms with Crippen LogP contribution in [0.1, 0.15) is 78.6 Å². The average molecular weight is 1110 g/mol. The van der Waals surface area contributed by atoms with E-state index in [4.69, 9.17) is 31.3 Å². The zero-order valence-corrected chi connectivity index (χ0v) is 44.9. The van der Waals surface area contributed by atoms with Crippen LogP contribution in [0.15, 0.2) is 62.0 Å². The number of fused-ring (bicyclic) bond motifs is 1. The smallest absolute Gasteiger partial charge is 0.354 e. The molecule has 4 saturated heterocycles. The lowest BCUT2D eigenvalue weighted by Crippen LogP contribution is -2.50. The number of nitrogens with zero attached hydrogens (tertiary/aromatic N) is 16. The van der Waals surface area contributed by atoms with E-state index in [1.165, 1.54) is 75.3 Å². The lowest BCUT2D eigenvalue weighted by atomic mass is 10.1. The van der Waals surface area contributed by atoms with Crippen LogP contribution in [0.25, 0.3) is 0 Å². The highest BCUT2D eigenvalue weighted by molar-refractivity contribution is 5.88. The quantitative estimate of drug-likeness (QED) is 0.0586. The first-order chi connectivity index (χ1) is 38.3. The molecule has 31 heteroatoms. The number of aromatic carboxylic acids is 5.